The fourth-order valence-electron chi connectivity index (χ4n) is 2.35. The number of aryl methyl sites for hydroxylation is 3. The average Bonchev–Trinajstić information content (AvgIpc) is 2.50. The zero-order valence-corrected chi connectivity index (χ0v) is 14.2. The molecular weight excluding hydrogens is 274 g/mol. The van der Waals surface area contributed by atoms with Gasteiger partial charge in [-0.05, 0) is 43.0 Å². The van der Waals surface area contributed by atoms with Gasteiger partial charge in [0, 0.05) is 16.2 Å². The van der Waals surface area contributed by atoms with Gasteiger partial charge in [0.05, 0.1) is 0 Å². The Morgan fingerprint density at radius 1 is 1.05 bits per heavy atom. The van der Waals surface area contributed by atoms with Gasteiger partial charge in [-0.25, -0.2) is 0 Å². The Balaban J connectivity index is 2.11. The number of hydrogen-bond donors (Lipinski definition) is 1. The zero-order chi connectivity index (χ0) is 15.4. The summed E-state index contributed by atoms with van der Waals surface area (Å²) in [6.45, 7) is 8.69. The molecule has 2 aromatic rings. The standard InChI is InChI=1S/C19H25NS/c1-5-16-8-10-17(11-9-16)19(20)15(4)21-18-12-13(2)6-7-14(18)3/h6-12,15,19H,5,20H2,1-4H3. The Morgan fingerprint density at radius 2 is 1.71 bits per heavy atom. The maximum atomic E-state index is 6.45. The third-order valence-corrected chi connectivity index (χ3v) is 5.29. The second-order valence-corrected chi connectivity index (χ2v) is 7.13. The number of benzene rings is 2. The van der Waals surface area contributed by atoms with Gasteiger partial charge in [-0.2, -0.15) is 0 Å². The van der Waals surface area contributed by atoms with Crippen molar-refractivity contribution in [3.63, 3.8) is 0 Å². The van der Waals surface area contributed by atoms with Crippen LogP contribution in [0.1, 0.15) is 42.1 Å². The SMILES string of the molecule is CCc1ccc(C(N)C(C)Sc2cc(C)ccc2C)cc1. The first-order valence-electron chi connectivity index (χ1n) is 7.59. The molecule has 0 aromatic heterocycles. The molecule has 0 aliphatic rings. The molecule has 0 fully saturated rings. The molecule has 0 bridgehead atoms. The summed E-state index contributed by atoms with van der Waals surface area (Å²) in [6.07, 6.45) is 1.07. The first-order chi connectivity index (χ1) is 10.0. The zero-order valence-electron chi connectivity index (χ0n) is 13.4. The van der Waals surface area contributed by atoms with E-state index in [0.29, 0.717) is 5.25 Å². The van der Waals surface area contributed by atoms with Crippen molar-refractivity contribution >= 4 is 11.8 Å². The molecule has 2 atom stereocenters. The van der Waals surface area contributed by atoms with Gasteiger partial charge in [-0.1, -0.05) is 55.8 Å². The lowest BCUT2D eigenvalue weighted by molar-refractivity contribution is 0.714. The third-order valence-electron chi connectivity index (χ3n) is 3.94. The number of nitrogens with two attached hydrogens (primary N) is 1. The lowest BCUT2D eigenvalue weighted by Crippen LogP contribution is -2.21. The summed E-state index contributed by atoms with van der Waals surface area (Å²) in [5, 5.41) is 0.345. The Morgan fingerprint density at radius 3 is 2.33 bits per heavy atom. The van der Waals surface area contributed by atoms with Crippen molar-refractivity contribution in [1.29, 1.82) is 0 Å². The Bertz CT molecular complexity index is 589. The van der Waals surface area contributed by atoms with Crippen LogP contribution in [0.4, 0.5) is 0 Å². The first-order valence-corrected chi connectivity index (χ1v) is 8.47. The second-order valence-electron chi connectivity index (χ2n) is 5.71. The maximum Gasteiger partial charge on any atom is 0.0416 e. The van der Waals surface area contributed by atoms with E-state index < -0.39 is 0 Å². The van der Waals surface area contributed by atoms with Crippen LogP contribution < -0.4 is 5.73 Å². The highest BCUT2D eigenvalue weighted by Gasteiger charge is 2.17. The van der Waals surface area contributed by atoms with Crippen LogP contribution in [0.5, 0.6) is 0 Å². The van der Waals surface area contributed by atoms with Crippen LogP contribution in [0, 0.1) is 13.8 Å². The third kappa shape index (κ3) is 4.12. The minimum atomic E-state index is 0.0563. The van der Waals surface area contributed by atoms with E-state index in [4.69, 9.17) is 5.73 Å². The maximum absolute atomic E-state index is 6.45. The van der Waals surface area contributed by atoms with Crippen molar-refractivity contribution in [3.05, 3.63) is 64.7 Å². The molecular formula is C19H25NS. The topological polar surface area (TPSA) is 26.0 Å². The van der Waals surface area contributed by atoms with Crippen molar-refractivity contribution < 1.29 is 0 Å². The number of thioether (sulfide) groups is 1. The van der Waals surface area contributed by atoms with Gasteiger partial charge in [0.2, 0.25) is 0 Å². The van der Waals surface area contributed by atoms with Crippen molar-refractivity contribution in [2.24, 2.45) is 5.73 Å². The molecule has 0 saturated carbocycles. The van der Waals surface area contributed by atoms with Gasteiger partial charge in [-0.15, -0.1) is 11.8 Å². The molecule has 0 heterocycles. The van der Waals surface area contributed by atoms with Crippen LogP contribution in [0.2, 0.25) is 0 Å². The van der Waals surface area contributed by atoms with Crippen molar-refractivity contribution in [1.82, 2.24) is 0 Å². The van der Waals surface area contributed by atoms with Gasteiger partial charge < -0.3 is 5.73 Å². The largest absolute Gasteiger partial charge is 0.323 e. The molecule has 2 aromatic carbocycles. The van der Waals surface area contributed by atoms with Gasteiger partial charge in [0.25, 0.3) is 0 Å². The Labute approximate surface area is 133 Å². The summed E-state index contributed by atoms with van der Waals surface area (Å²) in [4.78, 5) is 1.34. The predicted octanol–water partition coefficient (Wildman–Crippen LogP) is 5.05. The minimum absolute atomic E-state index is 0.0563. The van der Waals surface area contributed by atoms with Gasteiger partial charge in [-0.3, -0.25) is 0 Å². The van der Waals surface area contributed by atoms with Gasteiger partial charge >= 0.3 is 0 Å². The van der Waals surface area contributed by atoms with E-state index in [1.165, 1.54) is 27.1 Å². The molecule has 0 saturated heterocycles. The Hall–Kier alpha value is -1.25. The molecule has 21 heavy (non-hydrogen) atoms. The molecule has 0 aliphatic heterocycles. The van der Waals surface area contributed by atoms with Crippen molar-refractivity contribution in [2.45, 2.75) is 50.3 Å². The van der Waals surface area contributed by atoms with Crippen LogP contribution in [0.15, 0.2) is 47.4 Å². The summed E-state index contributed by atoms with van der Waals surface area (Å²) in [7, 11) is 0. The molecule has 0 radical (unpaired) electrons. The van der Waals surface area contributed by atoms with E-state index in [-0.39, 0.29) is 6.04 Å². The van der Waals surface area contributed by atoms with Crippen LogP contribution in [0.3, 0.4) is 0 Å². The van der Waals surface area contributed by atoms with Crippen LogP contribution >= 0.6 is 11.8 Å². The highest BCUT2D eigenvalue weighted by molar-refractivity contribution is 8.00. The summed E-state index contributed by atoms with van der Waals surface area (Å²) >= 11 is 1.87. The van der Waals surface area contributed by atoms with E-state index in [2.05, 4.69) is 70.2 Å². The normalized spacial score (nSPS) is 14.0. The molecule has 2 N–H and O–H groups in total. The van der Waals surface area contributed by atoms with Gasteiger partial charge in [0.15, 0.2) is 0 Å². The Kier molecular flexibility index (Phi) is 5.49. The van der Waals surface area contributed by atoms with E-state index in [1.807, 2.05) is 11.8 Å². The molecule has 2 unspecified atom stereocenters. The van der Waals surface area contributed by atoms with E-state index in [1.54, 1.807) is 0 Å². The monoisotopic (exact) mass is 299 g/mol. The number of rotatable bonds is 5. The fourth-order valence-corrected chi connectivity index (χ4v) is 3.57. The molecule has 1 nitrogen and oxygen atoms in total. The van der Waals surface area contributed by atoms with Crippen LogP contribution in [-0.2, 0) is 6.42 Å². The number of hydrogen-bond acceptors (Lipinski definition) is 2. The van der Waals surface area contributed by atoms with E-state index in [9.17, 15) is 0 Å². The summed E-state index contributed by atoms with van der Waals surface area (Å²) < 4.78 is 0. The second kappa shape index (κ2) is 7.15. The first kappa shape index (κ1) is 16.1. The molecule has 2 heteroatoms. The summed E-state index contributed by atoms with van der Waals surface area (Å²) in [5.74, 6) is 0. The molecule has 0 spiro atoms. The lowest BCUT2D eigenvalue weighted by Gasteiger charge is -2.21. The summed E-state index contributed by atoms with van der Waals surface area (Å²) in [6, 6.07) is 15.4. The minimum Gasteiger partial charge on any atom is -0.323 e. The van der Waals surface area contributed by atoms with E-state index >= 15 is 0 Å². The predicted molar refractivity (Wildman–Crippen MR) is 94.0 cm³/mol. The molecule has 2 rings (SSSR count). The van der Waals surface area contributed by atoms with Crippen LogP contribution in [0.25, 0.3) is 0 Å². The molecule has 0 aliphatic carbocycles. The quantitative estimate of drug-likeness (QED) is 0.782. The highest BCUT2D eigenvalue weighted by atomic mass is 32.2. The smallest absolute Gasteiger partial charge is 0.0416 e. The van der Waals surface area contributed by atoms with E-state index in [0.717, 1.165) is 6.42 Å². The fraction of sp³-hybridized carbons (Fsp3) is 0.368. The molecule has 0 amide bonds. The summed E-state index contributed by atoms with van der Waals surface area (Å²) in [5.41, 5.74) is 11.7. The molecule has 112 valence electrons. The van der Waals surface area contributed by atoms with Gasteiger partial charge in [0.1, 0.15) is 0 Å². The van der Waals surface area contributed by atoms with Crippen molar-refractivity contribution in [2.75, 3.05) is 0 Å². The van der Waals surface area contributed by atoms with Crippen LogP contribution in [-0.4, -0.2) is 5.25 Å². The highest BCUT2D eigenvalue weighted by Crippen LogP contribution is 2.33. The average molecular weight is 299 g/mol. The van der Waals surface area contributed by atoms with Crippen molar-refractivity contribution in [3.8, 4) is 0 Å². The lowest BCUT2D eigenvalue weighted by atomic mass is 10.0.